The number of rotatable bonds is 6. The number of ether oxygens (including phenoxy) is 1. The van der Waals surface area contributed by atoms with E-state index in [1.54, 1.807) is 7.11 Å². The lowest BCUT2D eigenvalue weighted by Gasteiger charge is -2.42. The molecule has 2 heterocycles. The van der Waals surface area contributed by atoms with Gasteiger partial charge in [-0.05, 0) is 24.0 Å². The van der Waals surface area contributed by atoms with Crippen LogP contribution in [0, 0.1) is 5.92 Å². The Morgan fingerprint density at radius 1 is 1.48 bits per heavy atom. The highest BCUT2D eigenvalue weighted by molar-refractivity contribution is 5.20. The molecule has 0 bridgehead atoms. The summed E-state index contributed by atoms with van der Waals surface area (Å²) in [6.07, 6.45) is 4.25. The van der Waals surface area contributed by atoms with Gasteiger partial charge >= 0.3 is 0 Å². The highest BCUT2D eigenvalue weighted by Gasteiger charge is 2.29. The molecule has 3 atom stereocenters. The summed E-state index contributed by atoms with van der Waals surface area (Å²) in [5, 5.41) is 3.73. The standard InChI is InChI=1S/C17H29N3O/c1-5-13(3)16-12-20(15(6-2)10-19-16)11-14-7-8-18-17(9-14)21-4/h7-9,13,15-16,19H,5-6,10-12H2,1-4H3. The van der Waals surface area contributed by atoms with Gasteiger partial charge in [0.05, 0.1) is 7.11 Å². The molecule has 1 saturated heterocycles. The summed E-state index contributed by atoms with van der Waals surface area (Å²) in [6.45, 7) is 10.1. The monoisotopic (exact) mass is 291 g/mol. The van der Waals surface area contributed by atoms with E-state index in [0.29, 0.717) is 18.0 Å². The highest BCUT2D eigenvalue weighted by Crippen LogP contribution is 2.20. The Bertz CT molecular complexity index is 438. The lowest BCUT2D eigenvalue weighted by atomic mass is 9.94. The van der Waals surface area contributed by atoms with E-state index in [4.69, 9.17) is 4.74 Å². The lowest BCUT2D eigenvalue weighted by molar-refractivity contribution is 0.0992. The molecule has 1 fully saturated rings. The Hall–Kier alpha value is -1.13. The van der Waals surface area contributed by atoms with Crippen LogP contribution in [0.2, 0.25) is 0 Å². The quantitative estimate of drug-likeness (QED) is 0.874. The van der Waals surface area contributed by atoms with Gasteiger partial charge in [0.1, 0.15) is 0 Å². The summed E-state index contributed by atoms with van der Waals surface area (Å²) in [7, 11) is 1.67. The van der Waals surface area contributed by atoms with Gasteiger partial charge in [-0.15, -0.1) is 0 Å². The van der Waals surface area contributed by atoms with Crippen molar-refractivity contribution in [3.05, 3.63) is 23.9 Å². The Labute approximate surface area is 128 Å². The van der Waals surface area contributed by atoms with Crippen LogP contribution in [0.15, 0.2) is 18.3 Å². The molecule has 3 unspecified atom stereocenters. The van der Waals surface area contributed by atoms with Crippen LogP contribution in [0.4, 0.5) is 0 Å². The fourth-order valence-corrected chi connectivity index (χ4v) is 3.04. The van der Waals surface area contributed by atoms with E-state index in [1.807, 2.05) is 12.3 Å². The van der Waals surface area contributed by atoms with Crippen molar-refractivity contribution >= 4 is 0 Å². The molecule has 4 nitrogen and oxygen atoms in total. The molecule has 1 N–H and O–H groups in total. The summed E-state index contributed by atoms with van der Waals surface area (Å²) < 4.78 is 5.23. The van der Waals surface area contributed by atoms with Crippen LogP contribution < -0.4 is 10.1 Å². The summed E-state index contributed by atoms with van der Waals surface area (Å²) >= 11 is 0. The van der Waals surface area contributed by atoms with Crippen molar-refractivity contribution in [3.8, 4) is 5.88 Å². The van der Waals surface area contributed by atoms with E-state index in [1.165, 1.54) is 18.4 Å². The molecule has 0 amide bonds. The first kappa shape index (κ1) is 16.2. The molecule has 1 aliphatic heterocycles. The van der Waals surface area contributed by atoms with Crippen LogP contribution in [0.1, 0.15) is 39.2 Å². The van der Waals surface area contributed by atoms with Crippen LogP contribution in [0.25, 0.3) is 0 Å². The summed E-state index contributed by atoms with van der Waals surface area (Å²) in [6, 6.07) is 5.36. The molecule has 21 heavy (non-hydrogen) atoms. The topological polar surface area (TPSA) is 37.4 Å². The second-order valence-corrected chi connectivity index (χ2v) is 6.10. The number of hydrogen-bond acceptors (Lipinski definition) is 4. The van der Waals surface area contributed by atoms with E-state index in [9.17, 15) is 0 Å². The van der Waals surface area contributed by atoms with Gasteiger partial charge in [-0.2, -0.15) is 0 Å². The molecule has 1 aliphatic rings. The average Bonchev–Trinajstić information content (AvgIpc) is 2.54. The summed E-state index contributed by atoms with van der Waals surface area (Å²) in [5.74, 6) is 1.42. The number of methoxy groups -OCH3 is 1. The van der Waals surface area contributed by atoms with Gasteiger partial charge in [-0.1, -0.05) is 27.2 Å². The first-order chi connectivity index (χ1) is 10.2. The van der Waals surface area contributed by atoms with Gasteiger partial charge in [0.2, 0.25) is 5.88 Å². The van der Waals surface area contributed by atoms with Gasteiger partial charge in [-0.3, -0.25) is 4.90 Å². The van der Waals surface area contributed by atoms with Gasteiger partial charge in [0.25, 0.3) is 0 Å². The Morgan fingerprint density at radius 2 is 2.29 bits per heavy atom. The van der Waals surface area contributed by atoms with E-state index in [-0.39, 0.29) is 0 Å². The largest absolute Gasteiger partial charge is 0.481 e. The fourth-order valence-electron chi connectivity index (χ4n) is 3.04. The molecular weight excluding hydrogens is 262 g/mol. The number of aromatic nitrogens is 1. The van der Waals surface area contributed by atoms with Crippen LogP contribution in [0.3, 0.4) is 0 Å². The molecule has 0 aromatic carbocycles. The van der Waals surface area contributed by atoms with Crippen molar-refractivity contribution in [3.63, 3.8) is 0 Å². The van der Waals surface area contributed by atoms with Crippen molar-refractivity contribution < 1.29 is 4.74 Å². The number of nitrogens with zero attached hydrogens (tertiary/aromatic N) is 2. The third-order valence-corrected chi connectivity index (χ3v) is 4.76. The Kier molecular flexibility index (Phi) is 6.00. The maximum atomic E-state index is 5.23. The van der Waals surface area contributed by atoms with Crippen LogP contribution >= 0.6 is 0 Å². The molecule has 118 valence electrons. The van der Waals surface area contributed by atoms with E-state index < -0.39 is 0 Å². The second kappa shape index (κ2) is 7.76. The molecule has 2 rings (SSSR count). The van der Waals surface area contributed by atoms with E-state index in [2.05, 4.69) is 42.0 Å². The van der Waals surface area contributed by atoms with Crippen LogP contribution in [-0.4, -0.2) is 42.2 Å². The smallest absolute Gasteiger partial charge is 0.213 e. The van der Waals surface area contributed by atoms with Crippen molar-refractivity contribution in [2.75, 3.05) is 20.2 Å². The van der Waals surface area contributed by atoms with Gasteiger partial charge in [0.15, 0.2) is 0 Å². The minimum absolute atomic E-state index is 0.599. The maximum Gasteiger partial charge on any atom is 0.213 e. The average molecular weight is 291 g/mol. The first-order valence-corrected chi connectivity index (χ1v) is 8.14. The maximum absolute atomic E-state index is 5.23. The molecule has 0 aliphatic carbocycles. The first-order valence-electron chi connectivity index (χ1n) is 8.14. The van der Waals surface area contributed by atoms with Crippen molar-refractivity contribution in [1.82, 2.24) is 15.2 Å². The van der Waals surface area contributed by atoms with E-state index >= 15 is 0 Å². The van der Waals surface area contributed by atoms with Gasteiger partial charge < -0.3 is 10.1 Å². The highest BCUT2D eigenvalue weighted by atomic mass is 16.5. The molecule has 4 heteroatoms. The van der Waals surface area contributed by atoms with Crippen molar-refractivity contribution in [1.29, 1.82) is 0 Å². The molecule has 0 saturated carbocycles. The number of hydrogen-bond donors (Lipinski definition) is 1. The molecule has 0 radical (unpaired) electrons. The molecule has 1 aromatic heterocycles. The minimum atomic E-state index is 0.599. The van der Waals surface area contributed by atoms with Crippen LogP contribution in [-0.2, 0) is 6.54 Å². The number of nitrogens with one attached hydrogen (secondary N) is 1. The number of piperazine rings is 1. The zero-order chi connectivity index (χ0) is 15.2. The third-order valence-electron chi connectivity index (χ3n) is 4.76. The normalized spacial score (nSPS) is 24.8. The molecular formula is C17H29N3O. The minimum Gasteiger partial charge on any atom is -0.481 e. The predicted octanol–water partition coefficient (Wildman–Crippen LogP) is 2.69. The van der Waals surface area contributed by atoms with Crippen LogP contribution in [0.5, 0.6) is 5.88 Å². The Morgan fingerprint density at radius 3 is 2.95 bits per heavy atom. The summed E-state index contributed by atoms with van der Waals surface area (Å²) in [4.78, 5) is 6.81. The zero-order valence-electron chi connectivity index (χ0n) is 13.8. The lowest BCUT2D eigenvalue weighted by Crippen LogP contribution is -2.57. The predicted molar refractivity (Wildman–Crippen MR) is 86.5 cm³/mol. The number of pyridine rings is 1. The second-order valence-electron chi connectivity index (χ2n) is 6.10. The Balaban J connectivity index is 2.06. The van der Waals surface area contributed by atoms with Gasteiger partial charge in [0, 0.05) is 44.0 Å². The molecule has 0 spiro atoms. The third kappa shape index (κ3) is 4.17. The SMILES string of the molecule is CCC(C)C1CN(Cc2ccnc(OC)c2)C(CC)CN1. The van der Waals surface area contributed by atoms with Crippen molar-refractivity contribution in [2.45, 2.75) is 52.2 Å². The van der Waals surface area contributed by atoms with E-state index in [0.717, 1.165) is 25.6 Å². The zero-order valence-corrected chi connectivity index (χ0v) is 13.8. The van der Waals surface area contributed by atoms with Crippen molar-refractivity contribution in [2.24, 2.45) is 5.92 Å². The van der Waals surface area contributed by atoms with Gasteiger partial charge in [-0.25, -0.2) is 4.98 Å². The fraction of sp³-hybridized carbons (Fsp3) is 0.706. The summed E-state index contributed by atoms with van der Waals surface area (Å²) in [5.41, 5.74) is 1.28. The molecule has 1 aromatic rings.